The summed E-state index contributed by atoms with van der Waals surface area (Å²) in [7, 11) is 0. The summed E-state index contributed by atoms with van der Waals surface area (Å²) < 4.78 is 13.8. The lowest BCUT2D eigenvalue weighted by Gasteiger charge is -2.34. The number of halogens is 2. The molecule has 1 aromatic carbocycles. The maximum Gasteiger partial charge on any atom is 0.127 e. The molecule has 1 saturated carbocycles. The van der Waals surface area contributed by atoms with Crippen LogP contribution in [0.5, 0.6) is 0 Å². The van der Waals surface area contributed by atoms with Crippen LogP contribution >= 0.6 is 11.6 Å². The van der Waals surface area contributed by atoms with Gasteiger partial charge in [0.15, 0.2) is 0 Å². The van der Waals surface area contributed by atoms with Crippen LogP contribution in [0.25, 0.3) is 0 Å². The summed E-state index contributed by atoms with van der Waals surface area (Å²) in [5.41, 5.74) is 0.778. The minimum absolute atomic E-state index is 0.176. The molecule has 2 rings (SSSR count). The third-order valence-electron chi connectivity index (χ3n) is 3.83. The van der Waals surface area contributed by atoms with E-state index in [-0.39, 0.29) is 5.82 Å². The summed E-state index contributed by atoms with van der Waals surface area (Å²) >= 11 is 5.78. The van der Waals surface area contributed by atoms with Crippen molar-refractivity contribution in [1.82, 2.24) is 5.32 Å². The number of hydrogen-bond donors (Lipinski definition) is 1. The first kappa shape index (κ1) is 13.8. The van der Waals surface area contributed by atoms with Crippen molar-refractivity contribution in [1.29, 1.82) is 0 Å². The molecule has 0 heterocycles. The van der Waals surface area contributed by atoms with Crippen LogP contribution in [0.4, 0.5) is 4.39 Å². The Morgan fingerprint density at radius 1 is 1.44 bits per heavy atom. The lowest BCUT2D eigenvalue weighted by atomic mass is 9.77. The fourth-order valence-electron chi connectivity index (χ4n) is 2.50. The quantitative estimate of drug-likeness (QED) is 0.817. The van der Waals surface area contributed by atoms with E-state index < -0.39 is 0 Å². The van der Waals surface area contributed by atoms with Gasteiger partial charge < -0.3 is 5.32 Å². The lowest BCUT2D eigenvalue weighted by molar-refractivity contribution is 0.226. The molecule has 0 aromatic heterocycles. The van der Waals surface area contributed by atoms with Crippen LogP contribution in [0.2, 0.25) is 5.02 Å². The van der Waals surface area contributed by atoms with Gasteiger partial charge in [0.1, 0.15) is 5.82 Å². The molecule has 0 amide bonds. The molecule has 1 nitrogen and oxygen atoms in total. The van der Waals surface area contributed by atoms with Crippen LogP contribution in [-0.2, 0) is 6.42 Å². The molecule has 1 unspecified atom stereocenters. The number of hydrogen-bond acceptors (Lipinski definition) is 1. The highest BCUT2D eigenvalue weighted by Crippen LogP contribution is 2.31. The molecule has 1 fully saturated rings. The van der Waals surface area contributed by atoms with E-state index in [0.29, 0.717) is 17.0 Å². The molecule has 1 aromatic rings. The standard InChI is InChI=1S/C15H21ClFN/c1-2-8-18-15(11-4-3-5-11)9-12-6-7-13(16)10-14(12)17/h6-7,10-11,15,18H,2-5,8-9H2,1H3. The summed E-state index contributed by atoms with van der Waals surface area (Å²) in [6, 6.07) is 5.41. The molecule has 3 heteroatoms. The van der Waals surface area contributed by atoms with Gasteiger partial charge in [-0.3, -0.25) is 0 Å². The fraction of sp³-hybridized carbons (Fsp3) is 0.600. The molecule has 100 valence electrons. The van der Waals surface area contributed by atoms with Crippen molar-refractivity contribution in [3.63, 3.8) is 0 Å². The van der Waals surface area contributed by atoms with Crippen LogP contribution in [0.15, 0.2) is 18.2 Å². The van der Waals surface area contributed by atoms with Crippen molar-refractivity contribution in [3.05, 3.63) is 34.6 Å². The first-order valence-electron chi connectivity index (χ1n) is 6.88. The van der Waals surface area contributed by atoms with Gasteiger partial charge in [-0.1, -0.05) is 31.0 Å². The highest BCUT2D eigenvalue weighted by Gasteiger charge is 2.27. The van der Waals surface area contributed by atoms with Gasteiger partial charge in [-0.2, -0.15) is 0 Å². The van der Waals surface area contributed by atoms with E-state index in [1.165, 1.54) is 25.3 Å². The Balaban J connectivity index is 2.02. The van der Waals surface area contributed by atoms with Crippen molar-refractivity contribution in [2.45, 2.75) is 45.1 Å². The Labute approximate surface area is 114 Å². The normalized spacial score (nSPS) is 17.5. The van der Waals surface area contributed by atoms with Crippen molar-refractivity contribution in [2.75, 3.05) is 6.54 Å². The number of benzene rings is 1. The Kier molecular flexibility index (Phi) is 5.02. The van der Waals surface area contributed by atoms with Gasteiger partial charge >= 0.3 is 0 Å². The first-order chi connectivity index (χ1) is 8.70. The van der Waals surface area contributed by atoms with E-state index in [4.69, 9.17) is 11.6 Å². The van der Waals surface area contributed by atoms with Crippen LogP contribution in [-0.4, -0.2) is 12.6 Å². The highest BCUT2D eigenvalue weighted by molar-refractivity contribution is 6.30. The zero-order valence-electron chi connectivity index (χ0n) is 10.9. The number of nitrogens with one attached hydrogen (secondary N) is 1. The predicted octanol–water partition coefficient (Wildman–Crippen LogP) is 4.19. The van der Waals surface area contributed by atoms with E-state index in [1.807, 2.05) is 6.07 Å². The van der Waals surface area contributed by atoms with E-state index in [1.54, 1.807) is 6.07 Å². The summed E-state index contributed by atoms with van der Waals surface area (Å²) in [5.74, 6) is 0.539. The van der Waals surface area contributed by atoms with Crippen molar-refractivity contribution in [3.8, 4) is 0 Å². The predicted molar refractivity (Wildman–Crippen MR) is 74.5 cm³/mol. The third kappa shape index (κ3) is 3.46. The smallest absolute Gasteiger partial charge is 0.127 e. The topological polar surface area (TPSA) is 12.0 Å². The molecule has 0 saturated heterocycles. The van der Waals surface area contributed by atoms with Gasteiger partial charge in [0, 0.05) is 11.1 Å². The Morgan fingerprint density at radius 3 is 2.78 bits per heavy atom. The molecule has 0 spiro atoms. The number of rotatable bonds is 6. The van der Waals surface area contributed by atoms with Gasteiger partial charge in [-0.05, 0) is 55.8 Å². The molecular formula is C15H21ClFN. The van der Waals surface area contributed by atoms with Gasteiger partial charge in [0.05, 0.1) is 0 Å². The van der Waals surface area contributed by atoms with Gasteiger partial charge in [0.2, 0.25) is 0 Å². The molecule has 1 atom stereocenters. The zero-order chi connectivity index (χ0) is 13.0. The third-order valence-corrected chi connectivity index (χ3v) is 4.07. The van der Waals surface area contributed by atoms with Gasteiger partial charge in [-0.25, -0.2) is 4.39 Å². The van der Waals surface area contributed by atoms with Crippen molar-refractivity contribution >= 4 is 11.6 Å². The minimum atomic E-state index is -0.176. The lowest BCUT2D eigenvalue weighted by Crippen LogP contribution is -2.41. The van der Waals surface area contributed by atoms with Crippen LogP contribution in [0, 0.1) is 11.7 Å². The average molecular weight is 270 g/mol. The second-order valence-electron chi connectivity index (χ2n) is 5.19. The molecule has 0 radical (unpaired) electrons. The monoisotopic (exact) mass is 269 g/mol. The molecule has 0 bridgehead atoms. The second-order valence-corrected chi connectivity index (χ2v) is 5.63. The summed E-state index contributed by atoms with van der Waals surface area (Å²) in [4.78, 5) is 0. The molecule has 1 aliphatic rings. The SMILES string of the molecule is CCCNC(Cc1ccc(Cl)cc1F)C1CCC1. The maximum atomic E-state index is 13.8. The van der Waals surface area contributed by atoms with Gasteiger partial charge in [0.25, 0.3) is 0 Å². The van der Waals surface area contributed by atoms with E-state index in [9.17, 15) is 4.39 Å². The molecular weight excluding hydrogens is 249 g/mol. The maximum absolute atomic E-state index is 13.8. The highest BCUT2D eigenvalue weighted by atomic mass is 35.5. The second kappa shape index (κ2) is 6.53. The van der Waals surface area contributed by atoms with Crippen LogP contribution < -0.4 is 5.32 Å². The fourth-order valence-corrected chi connectivity index (χ4v) is 2.66. The van der Waals surface area contributed by atoms with Crippen LogP contribution in [0.3, 0.4) is 0 Å². The first-order valence-corrected chi connectivity index (χ1v) is 7.25. The van der Waals surface area contributed by atoms with Crippen molar-refractivity contribution < 1.29 is 4.39 Å². The average Bonchev–Trinajstić information content (AvgIpc) is 2.27. The van der Waals surface area contributed by atoms with E-state index >= 15 is 0 Å². The Morgan fingerprint density at radius 2 is 2.22 bits per heavy atom. The zero-order valence-corrected chi connectivity index (χ0v) is 11.6. The van der Waals surface area contributed by atoms with E-state index in [2.05, 4.69) is 12.2 Å². The molecule has 0 aliphatic heterocycles. The summed E-state index contributed by atoms with van der Waals surface area (Å²) in [6.07, 6.45) is 5.76. The minimum Gasteiger partial charge on any atom is -0.313 e. The summed E-state index contributed by atoms with van der Waals surface area (Å²) in [5, 5.41) is 4.03. The van der Waals surface area contributed by atoms with E-state index in [0.717, 1.165) is 24.9 Å². The molecule has 18 heavy (non-hydrogen) atoms. The Bertz CT molecular complexity index is 390. The van der Waals surface area contributed by atoms with Gasteiger partial charge in [-0.15, -0.1) is 0 Å². The Hall–Kier alpha value is -0.600. The molecule has 1 N–H and O–H groups in total. The van der Waals surface area contributed by atoms with Crippen LogP contribution in [0.1, 0.15) is 38.2 Å². The largest absolute Gasteiger partial charge is 0.313 e. The molecule has 1 aliphatic carbocycles. The summed E-state index contributed by atoms with van der Waals surface area (Å²) in [6.45, 7) is 3.17. The van der Waals surface area contributed by atoms with Crippen molar-refractivity contribution in [2.24, 2.45) is 5.92 Å².